The van der Waals surface area contributed by atoms with Crippen LogP contribution in [0.2, 0.25) is 0 Å². The summed E-state index contributed by atoms with van der Waals surface area (Å²) in [6.45, 7) is 6.38. The normalized spacial score (nSPS) is 12.5. The molecule has 2 aromatic rings. The van der Waals surface area contributed by atoms with Crippen LogP contribution < -0.4 is 5.75 Å². The third-order valence-electron chi connectivity index (χ3n) is 3.37. The van der Waals surface area contributed by atoms with Crippen LogP contribution >= 0.6 is 0 Å². The van der Waals surface area contributed by atoms with Crippen LogP contribution in [0.5, 0.6) is 0 Å². The van der Waals surface area contributed by atoms with Gasteiger partial charge in [-0.05, 0) is 37.2 Å². The van der Waals surface area contributed by atoms with Crippen molar-refractivity contribution in [3.63, 3.8) is 0 Å². The molecule has 1 aromatic heterocycles. The molecule has 0 aliphatic heterocycles. The van der Waals surface area contributed by atoms with E-state index < -0.39 is 0 Å². The molecule has 1 unspecified atom stereocenters. The Labute approximate surface area is 180 Å². The Morgan fingerprint density at radius 1 is 1.38 bits per heavy atom. The van der Waals surface area contributed by atoms with Crippen LogP contribution in [0, 0.1) is 66.0 Å². The molecule has 0 saturated carbocycles. The van der Waals surface area contributed by atoms with Crippen molar-refractivity contribution in [2.75, 3.05) is 6.61 Å². The maximum absolute atomic E-state index is 12.0. The molecule has 0 bridgehead atoms. The summed E-state index contributed by atoms with van der Waals surface area (Å²) in [5.41, 5.74) is 1.39. The van der Waals surface area contributed by atoms with E-state index >= 15 is 0 Å². The smallest absolute Gasteiger partial charge is 0.310 e. The fraction of sp³-hybridized carbons (Fsp3) is 0.444. The largest absolute Gasteiger partial charge is 0.600 e. The number of benzene rings is 1. The Balaban J connectivity index is 0.00000288. The Morgan fingerprint density at radius 2 is 2.12 bits per heavy atom. The minimum absolute atomic E-state index is 0. The number of carbonyl (C=O) groups excluding carboxylic acids is 1. The predicted molar refractivity (Wildman–Crippen MR) is 84.9 cm³/mol. The summed E-state index contributed by atoms with van der Waals surface area (Å²) >= 11 is 0. The second kappa shape index (κ2) is 11.0. The van der Waals surface area contributed by atoms with Crippen LogP contribution in [0.15, 0.2) is 38.1 Å². The van der Waals surface area contributed by atoms with E-state index in [1.165, 1.54) is 0 Å². The number of para-hydroxylation sites is 1. The van der Waals surface area contributed by atoms with Crippen molar-refractivity contribution in [2.24, 2.45) is 10.9 Å². The van der Waals surface area contributed by atoms with Crippen molar-refractivity contribution in [3.05, 3.63) is 47.6 Å². The zero-order chi connectivity index (χ0) is 16.7. The molecule has 0 fully saturated rings. The molecule has 6 heteroatoms. The van der Waals surface area contributed by atoms with Crippen molar-refractivity contribution in [1.29, 1.82) is 0 Å². The van der Waals surface area contributed by atoms with Crippen LogP contribution in [-0.4, -0.2) is 12.6 Å². The van der Waals surface area contributed by atoms with E-state index in [2.05, 4.69) is 25.1 Å². The molecule has 138 valence electrons. The van der Waals surface area contributed by atoms with Gasteiger partial charge < -0.3 is 13.6 Å². The third kappa shape index (κ3) is 6.99. The molecule has 0 radical (unpaired) electrons. The number of ether oxygens (including phenoxy) is 1. The summed E-state index contributed by atoms with van der Waals surface area (Å²) < 4.78 is 15.6. The molecule has 0 aliphatic rings. The SMILES string of the molecule is CCCC(C)COC(=O)Cc1ccccc1N=c1o[c-]c(C)o1.[Yb]. The number of rotatable bonds is 7. The second-order valence-corrected chi connectivity index (χ2v) is 5.62. The second-order valence-electron chi connectivity index (χ2n) is 5.62. The number of aryl methyl sites for hydroxylation is 1. The zero-order valence-corrected chi connectivity index (χ0v) is 15.8. The number of hydrogen-bond donors (Lipinski definition) is 0. The number of nitrogens with zero attached hydrogens (tertiary/aromatic N) is 1. The molecule has 0 amide bonds. The summed E-state index contributed by atoms with van der Waals surface area (Å²) in [5, 5.41) is 0. The average Bonchev–Trinajstić information content (AvgIpc) is 2.93. The molecular weight excluding hydrogens is 467 g/mol. The van der Waals surface area contributed by atoms with Crippen LogP contribution in [0.25, 0.3) is 0 Å². The first-order chi connectivity index (χ1) is 11.1. The molecule has 1 atom stereocenters. The van der Waals surface area contributed by atoms with E-state index in [-0.39, 0.29) is 65.1 Å². The maximum atomic E-state index is 12.0. The Kier molecular flexibility index (Phi) is 9.71. The molecule has 0 spiro atoms. The molecule has 2 rings (SSSR count). The van der Waals surface area contributed by atoms with E-state index in [0.717, 1.165) is 18.4 Å². The van der Waals surface area contributed by atoms with Crippen molar-refractivity contribution in [2.45, 2.75) is 40.0 Å². The summed E-state index contributed by atoms with van der Waals surface area (Å²) in [7, 11) is 0. The van der Waals surface area contributed by atoms with Crippen molar-refractivity contribution < 1.29 is 65.3 Å². The molecule has 24 heavy (non-hydrogen) atoms. The molecule has 0 N–H and O–H groups in total. The molecule has 1 aromatic carbocycles. The molecular formula is C18H22NO4Yb-. The first-order valence-corrected chi connectivity index (χ1v) is 7.85. The van der Waals surface area contributed by atoms with Gasteiger partial charge in [-0.25, -0.2) is 0 Å². The number of carbonyl (C=O) groups is 1. The van der Waals surface area contributed by atoms with Gasteiger partial charge in [-0.15, -0.1) is 0 Å². The fourth-order valence-corrected chi connectivity index (χ4v) is 2.22. The molecule has 1 heterocycles. The Hall–Kier alpha value is -0.781. The molecule has 0 aliphatic carbocycles. The average molecular weight is 489 g/mol. The van der Waals surface area contributed by atoms with Gasteiger partial charge in [-0.3, -0.25) is 9.79 Å². The van der Waals surface area contributed by atoms with Gasteiger partial charge in [-0.2, -0.15) is 0 Å². The minimum Gasteiger partial charge on any atom is -0.600 e. The van der Waals surface area contributed by atoms with Gasteiger partial charge in [0.15, 0.2) is 0 Å². The summed E-state index contributed by atoms with van der Waals surface area (Å²) in [4.78, 5) is 16.3. The van der Waals surface area contributed by atoms with E-state index in [1.807, 2.05) is 18.2 Å². The van der Waals surface area contributed by atoms with E-state index in [1.54, 1.807) is 13.0 Å². The fourth-order valence-electron chi connectivity index (χ4n) is 2.22. The van der Waals surface area contributed by atoms with Crippen LogP contribution in [0.3, 0.4) is 0 Å². The van der Waals surface area contributed by atoms with Gasteiger partial charge in [0.2, 0.25) is 5.75 Å². The third-order valence-corrected chi connectivity index (χ3v) is 3.37. The quantitative estimate of drug-likeness (QED) is 0.439. The summed E-state index contributed by atoms with van der Waals surface area (Å²) in [6.07, 6.45) is 4.87. The van der Waals surface area contributed by atoms with Gasteiger partial charge >= 0.3 is 5.97 Å². The standard InChI is InChI=1S/C18H22NO4.Yb/c1-4-7-13(2)11-21-17(20)10-15-8-5-6-9-16(15)19-18-22-12-14(3)23-18;/h5-6,8-9,13H,4,7,10-11H2,1-3H3;/q-1;. The topological polar surface area (TPSA) is 64.9 Å². The summed E-state index contributed by atoms with van der Waals surface area (Å²) in [6, 6.07) is 7.35. The van der Waals surface area contributed by atoms with E-state index in [4.69, 9.17) is 13.6 Å². The molecule has 0 saturated heterocycles. The van der Waals surface area contributed by atoms with Crippen molar-refractivity contribution in [3.8, 4) is 0 Å². The Bertz CT molecular complexity index is 705. The monoisotopic (exact) mass is 490 g/mol. The minimum atomic E-state index is -0.255. The van der Waals surface area contributed by atoms with Gasteiger partial charge in [-0.1, -0.05) is 38.5 Å². The van der Waals surface area contributed by atoms with Crippen LogP contribution in [0.1, 0.15) is 38.0 Å². The van der Waals surface area contributed by atoms with Gasteiger partial charge in [0.05, 0.1) is 18.7 Å². The predicted octanol–water partition coefficient (Wildman–Crippen LogP) is 3.74. The number of hydrogen-bond acceptors (Lipinski definition) is 5. The van der Waals surface area contributed by atoms with Crippen LogP contribution in [-0.2, 0) is 16.0 Å². The van der Waals surface area contributed by atoms with Gasteiger partial charge in [0.1, 0.15) is 0 Å². The first-order valence-electron chi connectivity index (χ1n) is 7.85. The molecule has 5 nitrogen and oxygen atoms in total. The maximum Gasteiger partial charge on any atom is 0.310 e. The van der Waals surface area contributed by atoms with E-state index in [9.17, 15) is 4.79 Å². The number of esters is 1. The first kappa shape index (κ1) is 21.3. The van der Waals surface area contributed by atoms with Gasteiger partial charge in [0.25, 0.3) is 0 Å². The van der Waals surface area contributed by atoms with Crippen molar-refractivity contribution >= 4 is 11.7 Å². The van der Waals surface area contributed by atoms with Gasteiger partial charge in [0, 0.05) is 52.7 Å². The Morgan fingerprint density at radius 3 is 2.79 bits per heavy atom. The van der Waals surface area contributed by atoms with E-state index in [0.29, 0.717) is 24.0 Å². The zero-order valence-electron chi connectivity index (χ0n) is 14.1. The summed E-state index contributed by atoms with van der Waals surface area (Å²) in [5.74, 6) is 0.754. The van der Waals surface area contributed by atoms with Crippen LogP contribution in [0.4, 0.5) is 5.69 Å². The van der Waals surface area contributed by atoms with Crippen molar-refractivity contribution in [1.82, 2.24) is 0 Å².